The van der Waals surface area contributed by atoms with Crippen LogP contribution in [0.2, 0.25) is 0 Å². The number of halogens is 1. The first-order chi connectivity index (χ1) is 8.63. The molecule has 0 bridgehead atoms. The number of carbonyl (C=O) groups is 2. The molecule has 0 aliphatic carbocycles. The third kappa shape index (κ3) is 5.19. The average molecular weight is 357 g/mol. The summed E-state index contributed by atoms with van der Waals surface area (Å²) in [5.74, 6) is 2.77. The van der Waals surface area contributed by atoms with E-state index in [1.165, 1.54) is 0 Å². The van der Waals surface area contributed by atoms with E-state index in [0.717, 1.165) is 5.56 Å². The van der Waals surface area contributed by atoms with E-state index >= 15 is 0 Å². The average Bonchev–Trinajstić information content (AvgIpc) is 2.34. The van der Waals surface area contributed by atoms with Crippen LogP contribution in [0.1, 0.15) is 18.4 Å². The van der Waals surface area contributed by atoms with Crippen molar-refractivity contribution in [2.75, 3.05) is 5.32 Å². The molecule has 18 heavy (non-hydrogen) atoms. The van der Waals surface area contributed by atoms with E-state index in [4.69, 9.17) is 5.11 Å². The topological polar surface area (TPSA) is 66.4 Å². The number of carboxylic acid groups (broad SMARTS) is 1. The van der Waals surface area contributed by atoms with E-state index in [1.807, 2.05) is 34.7 Å². The van der Waals surface area contributed by atoms with E-state index in [2.05, 4.69) is 15.2 Å². The number of benzene rings is 1. The molecule has 1 aromatic rings. The van der Waals surface area contributed by atoms with Crippen molar-refractivity contribution in [2.24, 2.45) is 0 Å². The fourth-order valence-electron chi connectivity index (χ4n) is 1.47. The van der Waals surface area contributed by atoms with Crippen molar-refractivity contribution >= 4 is 40.2 Å². The molecule has 0 heterocycles. The first-order valence-corrected chi connectivity index (χ1v) is 6.39. The molecule has 1 rings (SSSR count). The van der Waals surface area contributed by atoms with Gasteiger partial charge in [-0.1, -0.05) is 24.1 Å². The Labute approximate surface area is 119 Å². The number of amides is 1. The fraction of sp³-hybridized carbons (Fsp3) is 0.231. The molecule has 0 unspecified atom stereocenters. The predicted molar refractivity (Wildman–Crippen MR) is 77.8 cm³/mol. The molecule has 0 atom stereocenters. The van der Waals surface area contributed by atoms with E-state index in [1.54, 1.807) is 12.1 Å². The molecule has 0 radical (unpaired) electrons. The number of nitrogens with one attached hydrogen (secondary N) is 1. The minimum Gasteiger partial charge on any atom is -0.465 e. The number of para-hydroxylation sites is 1. The lowest BCUT2D eigenvalue weighted by atomic mass is 10.0. The zero-order chi connectivity index (χ0) is 13.4. The molecule has 1 amide bonds. The first-order valence-electron chi connectivity index (χ1n) is 5.31. The van der Waals surface area contributed by atoms with Crippen molar-refractivity contribution in [1.29, 1.82) is 0 Å². The van der Waals surface area contributed by atoms with Crippen molar-refractivity contribution < 1.29 is 14.7 Å². The first kappa shape index (κ1) is 14.5. The Morgan fingerprint density at radius 3 is 2.72 bits per heavy atom. The van der Waals surface area contributed by atoms with Crippen LogP contribution in [0.25, 0.3) is 0 Å². The summed E-state index contributed by atoms with van der Waals surface area (Å²) >= 11 is 1.89. The lowest BCUT2D eigenvalue weighted by molar-refractivity contribution is -0.118. The molecule has 4 nitrogen and oxygen atoms in total. The van der Waals surface area contributed by atoms with Gasteiger partial charge in [-0.3, -0.25) is 10.1 Å². The Balaban J connectivity index is 2.63. The molecule has 0 aliphatic heterocycles. The number of rotatable bonds is 5. The van der Waals surface area contributed by atoms with Gasteiger partial charge in [-0.25, -0.2) is 4.79 Å². The predicted octanol–water partition coefficient (Wildman–Crippen LogP) is 3.06. The van der Waals surface area contributed by atoms with E-state index in [9.17, 15) is 9.59 Å². The monoisotopic (exact) mass is 357 g/mol. The minimum atomic E-state index is -1.11. The Morgan fingerprint density at radius 1 is 1.33 bits per heavy atom. The number of Topliss-reactive ketones (excluding diaryl/α,β-unsaturated/α-hetero) is 1. The summed E-state index contributed by atoms with van der Waals surface area (Å²) in [5.41, 5.74) is 1.34. The van der Waals surface area contributed by atoms with Crippen LogP contribution in [0.4, 0.5) is 10.5 Å². The van der Waals surface area contributed by atoms with Crippen LogP contribution in [0.15, 0.2) is 24.3 Å². The maximum absolute atomic E-state index is 11.5. The molecule has 0 fully saturated rings. The maximum atomic E-state index is 11.5. The van der Waals surface area contributed by atoms with Crippen LogP contribution < -0.4 is 5.32 Å². The van der Waals surface area contributed by atoms with Gasteiger partial charge in [0.1, 0.15) is 5.78 Å². The molecule has 1 aromatic carbocycles. The molecule has 5 heteroatoms. The Morgan fingerprint density at radius 2 is 2.06 bits per heavy atom. The second kappa shape index (κ2) is 7.71. The van der Waals surface area contributed by atoms with Crippen molar-refractivity contribution in [3.63, 3.8) is 0 Å². The molecular formula is C13H12INO3. The summed E-state index contributed by atoms with van der Waals surface area (Å²) < 4.78 is 2.64. The van der Waals surface area contributed by atoms with Crippen molar-refractivity contribution in [1.82, 2.24) is 0 Å². The Hall–Kier alpha value is -1.55. The third-order valence-corrected chi connectivity index (χ3v) is 2.67. The van der Waals surface area contributed by atoms with Gasteiger partial charge < -0.3 is 5.11 Å². The van der Waals surface area contributed by atoms with Gasteiger partial charge in [-0.2, -0.15) is 0 Å². The number of ketones is 1. The van der Waals surface area contributed by atoms with Gasteiger partial charge in [0, 0.05) is 34.7 Å². The summed E-state index contributed by atoms with van der Waals surface area (Å²) in [6.45, 7) is 0. The molecule has 94 valence electrons. The molecule has 2 N–H and O–H groups in total. The maximum Gasteiger partial charge on any atom is 0.409 e. The lowest BCUT2D eigenvalue weighted by Gasteiger charge is -2.07. The lowest BCUT2D eigenvalue weighted by Crippen LogP contribution is -2.10. The summed E-state index contributed by atoms with van der Waals surface area (Å²) in [6, 6.07) is 7.05. The summed E-state index contributed by atoms with van der Waals surface area (Å²) in [7, 11) is 0. The molecular weight excluding hydrogens is 345 g/mol. The highest BCUT2D eigenvalue weighted by atomic mass is 127. The summed E-state index contributed by atoms with van der Waals surface area (Å²) in [6.07, 6.45) is 0.0174. The van der Waals surface area contributed by atoms with E-state index in [-0.39, 0.29) is 12.2 Å². The van der Waals surface area contributed by atoms with Gasteiger partial charge in [-0.15, -0.1) is 0 Å². The van der Waals surface area contributed by atoms with Crippen LogP contribution in [0, 0.1) is 9.85 Å². The van der Waals surface area contributed by atoms with Crippen LogP contribution in [-0.2, 0) is 11.2 Å². The van der Waals surface area contributed by atoms with Crippen molar-refractivity contribution in [2.45, 2.75) is 19.3 Å². The number of aryl methyl sites for hydroxylation is 1. The molecule has 0 saturated carbocycles. The van der Waals surface area contributed by atoms with E-state index < -0.39 is 6.09 Å². The molecule has 0 aromatic heterocycles. The Kier molecular flexibility index (Phi) is 6.22. The van der Waals surface area contributed by atoms with Gasteiger partial charge in [0.05, 0.1) is 6.42 Å². The highest BCUT2D eigenvalue weighted by molar-refractivity contribution is 14.1. The molecule has 0 spiro atoms. The van der Waals surface area contributed by atoms with Crippen LogP contribution in [0.3, 0.4) is 0 Å². The Bertz CT molecular complexity index is 502. The quantitative estimate of drug-likeness (QED) is 0.629. The zero-order valence-corrected chi connectivity index (χ0v) is 11.7. The minimum absolute atomic E-state index is 0.0595. The summed E-state index contributed by atoms with van der Waals surface area (Å²) in [5, 5.41) is 11.0. The second-order valence-corrected chi connectivity index (χ2v) is 4.11. The smallest absolute Gasteiger partial charge is 0.409 e. The number of carbonyl (C=O) groups excluding carboxylic acids is 1. The van der Waals surface area contributed by atoms with Gasteiger partial charge in [-0.05, 0) is 22.0 Å². The van der Waals surface area contributed by atoms with E-state index in [0.29, 0.717) is 18.5 Å². The zero-order valence-electron chi connectivity index (χ0n) is 9.57. The molecule has 0 aliphatic rings. The van der Waals surface area contributed by atoms with Crippen LogP contribution in [-0.4, -0.2) is 17.0 Å². The highest BCUT2D eigenvalue weighted by Gasteiger charge is 2.07. The second-order valence-electron chi connectivity index (χ2n) is 3.57. The fourth-order valence-corrected chi connectivity index (χ4v) is 1.66. The van der Waals surface area contributed by atoms with Crippen molar-refractivity contribution in [3.05, 3.63) is 29.8 Å². The van der Waals surface area contributed by atoms with Crippen LogP contribution in [0.5, 0.6) is 0 Å². The van der Waals surface area contributed by atoms with Crippen molar-refractivity contribution in [3.8, 4) is 9.85 Å². The molecule has 0 saturated heterocycles. The third-order valence-electron chi connectivity index (χ3n) is 2.28. The number of hydrogen-bond acceptors (Lipinski definition) is 2. The van der Waals surface area contributed by atoms with Gasteiger partial charge in [0.2, 0.25) is 0 Å². The van der Waals surface area contributed by atoms with Gasteiger partial charge in [0.25, 0.3) is 0 Å². The van der Waals surface area contributed by atoms with Gasteiger partial charge >= 0.3 is 6.09 Å². The van der Waals surface area contributed by atoms with Crippen LogP contribution >= 0.6 is 22.6 Å². The number of anilines is 1. The standard InChI is InChI=1S/C13H12INO3/c14-9-3-5-11(16)8-7-10-4-1-2-6-12(10)15-13(17)18/h1-2,4,6,15H,5,7-8H2,(H,17,18). The SMILES string of the molecule is O=C(CC#CI)CCc1ccccc1NC(=O)O. The largest absolute Gasteiger partial charge is 0.465 e. The normalized spacial score (nSPS) is 9.17. The summed E-state index contributed by atoms with van der Waals surface area (Å²) in [4.78, 5) is 22.1. The van der Waals surface area contributed by atoms with Gasteiger partial charge in [0.15, 0.2) is 0 Å². The highest BCUT2D eigenvalue weighted by Crippen LogP contribution is 2.17. The number of hydrogen-bond donors (Lipinski definition) is 2.